The summed E-state index contributed by atoms with van der Waals surface area (Å²) in [6.45, 7) is 1.98. The van der Waals surface area contributed by atoms with Gasteiger partial charge in [0.05, 0.1) is 0 Å². The van der Waals surface area contributed by atoms with Crippen molar-refractivity contribution in [1.82, 2.24) is 0 Å². The molecule has 0 saturated heterocycles. The zero-order valence-corrected chi connectivity index (χ0v) is 14.3. The van der Waals surface area contributed by atoms with Crippen molar-refractivity contribution < 1.29 is 9.59 Å². The molecule has 0 aliphatic heterocycles. The summed E-state index contributed by atoms with van der Waals surface area (Å²) >= 11 is 0. The maximum absolute atomic E-state index is 12.2. The highest BCUT2D eigenvalue weighted by molar-refractivity contribution is 6.04. The molecule has 26 heavy (non-hydrogen) atoms. The molecule has 3 aromatic carbocycles. The van der Waals surface area contributed by atoms with Crippen LogP contribution < -0.4 is 16.4 Å². The summed E-state index contributed by atoms with van der Waals surface area (Å²) in [5.74, 6) is -0.599. The number of anilines is 3. The average molecular weight is 345 g/mol. The van der Waals surface area contributed by atoms with E-state index in [1.54, 1.807) is 36.4 Å². The second kappa shape index (κ2) is 7.53. The number of hydrogen-bond donors (Lipinski definition) is 3. The zero-order valence-electron chi connectivity index (χ0n) is 14.3. The maximum atomic E-state index is 12.2. The summed E-state index contributed by atoms with van der Waals surface area (Å²) in [6.07, 6.45) is 0. The van der Waals surface area contributed by atoms with Gasteiger partial charge in [0, 0.05) is 28.2 Å². The number of primary amides is 1. The Bertz CT molecular complexity index is 915. The number of carbonyl (C=O) groups is 2. The molecule has 0 saturated carbocycles. The SMILES string of the molecule is Cc1ccc(C(=O)Nc2ccc(Nc3ccc(C(N)=O)cc3)cc2)cc1. The lowest BCUT2D eigenvalue weighted by Crippen LogP contribution is -2.11. The van der Waals surface area contributed by atoms with Gasteiger partial charge in [-0.2, -0.15) is 0 Å². The molecule has 5 nitrogen and oxygen atoms in total. The van der Waals surface area contributed by atoms with E-state index < -0.39 is 5.91 Å². The summed E-state index contributed by atoms with van der Waals surface area (Å²) in [4.78, 5) is 23.3. The number of benzene rings is 3. The smallest absolute Gasteiger partial charge is 0.255 e. The third kappa shape index (κ3) is 4.27. The topological polar surface area (TPSA) is 84.2 Å². The summed E-state index contributed by atoms with van der Waals surface area (Å²) in [5.41, 5.74) is 9.84. The Balaban J connectivity index is 1.63. The fourth-order valence-electron chi connectivity index (χ4n) is 2.43. The van der Waals surface area contributed by atoms with Crippen LogP contribution in [0.15, 0.2) is 72.8 Å². The van der Waals surface area contributed by atoms with Crippen LogP contribution in [0.2, 0.25) is 0 Å². The van der Waals surface area contributed by atoms with Gasteiger partial charge in [-0.25, -0.2) is 0 Å². The number of nitrogens with one attached hydrogen (secondary N) is 2. The van der Waals surface area contributed by atoms with Gasteiger partial charge in [0.15, 0.2) is 0 Å². The molecule has 0 bridgehead atoms. The summed E-state index contributed by atoms with van der Waals surface area (Å²) in [5, 5.41) is 6.09. The molecule has 0 aromatic heterocycles. The van der Waals surface area contributed by atoms with Crippen LogP contribution in [-0.4, -0.2) is 11.8 Å². The Morgan fingerprint density at radius 3 is 1.69 bits per heavy atom. The highest BCUT2D eigenvalue weighted by atomic mass is 16.2. The number of carbonyl (C=O) groups excluding carboxylic acids is 2. The van der Waals surface area contributed by atoms with E-state index in [-0.39, 0.29) is 5.91 Å². The first-order chi connectivity index (χ1) is 12.5. The van der Waals surface area contributed by atoms with E-state index in [0.717, 1.165) is 16.9 Å². The number of nitrogens with two attached hydrogens (primary N) is 1. The first-order valence-electron chi connectivity index (χ1n) is 8.16. The highest BCUT2D eigenvalue weighted by Gasteiger charge is 2.06. The van der Waals surface area contributed by atoms with E-state index in [4.69, 9.17) is 5.73 Å². The Morgan fingerprint density at radius 2 is 1.15 bits per heavy atom. The molecule has 3 aromatic rings. The van der Waals surface area contributed by atoms with Crippen LogP contribution in [-0.2, 0) is 0 Å². The molecular formula is C21H19N3O2. The van der Waals surface area contributed by atoms with Crippen LogP contribution in [0.4, 0.5) is 17.1 Å². The predicted octanol–water partition coefficient (Wildman–Crippen LogP) is 4.09. The Kier molecular flexibility index (Phi) is 4.99. The molecule has 0 radical (unpaired) electrons. The van der Waals surface area contributed by atoms with Crippen LogP contribution in [0, 0.1) is 6.92 Å². The van der Waals surface area contributed by atoms with Crippen LogP contribution in [0.5, 0.6) is 0 Å². The number of aryl methyl sites for hydroxylation is 1. The monoisotopic (exact) mass is 345 g/mol. The molecule has 0 spiro atoms. The Hall–Kier alpha value is -3.60. The van der Waals surface area contributed by atoms with Gasteiger partial charge in [-0.3, -0.25) is 9.59 Å². The van der Waals surface area contributed by atoms with Gasteiger partial charge in [0.25, 0.3) is 5.91 Å². The molecule has 130 valence electrons. The molecule has 0 unspecified atom stereocenters. The Labute approximate surface area is 151 Å². The third-order valence-electron chi connectivity index (χ3n) is 3.91. The van der Waals surface area contributed by atoms with E-state index >= 15 is 0 Å². The molecule has 2 amide bonds. The number of amides is 2. The van der Waals surface area contributed by atoms with Gasteiger partial charge in [0.1, 0.15) is 0 Å². The lowest BCUT2D eigenvalue weighted by Gasteiger charge is -2.09. The van der Waals surface area contributed by atoms with Crippen molar-refractivity contribution in [3.63, 3.8) is 0 Å². The van der Waals surface area contributed by atoms with Gasteiger partial charge in [-0.05, 0) is 67.6 Å². The Morgan fingerprint density at radius 1 is 0.692 bits per heavy atom. The quantitative estimate of drug-likeness (QED) is 0.651. The fraction of sp³-hybridized carbons (Fsp3) is 0.0476. The van der Waals surface area contributed by atoms with Gasteiger partial charge >= 0.3 is 0 Å². The van der Waals surface area contributed by atoms with Crippen LogP contribution >= 0.6 is 0 Å². The van der Waals surface area contributed by atoms with Gasteiger partial charge in [-0.15, -0.1) is 0 Å². The average Bonchev–Trinajstić information content (AvgIpc) is 2.64. The number of rotatable bonds is 5. The fourth-order valence-corrected chi connectivity index (χ4v) is 2.43. The van der Waals surface area contributed by atoms with Crippen molar-refractivity contribution in [2.24, 2.45) is 5.73 Å². The molecule has 0 atom stereocenters. The number of hydrogen-bond acceptors (Lipinski definition) is 3. The van der Waals surface area contributed by atoms with E-state index in [1.807, 2.05) is 43.3 Å². The lowest BCUT2D eigenvalue weighted by molar-refractivity contribution is 0.0997. The molecule has 0 aliphatic carbocycles. The first-order valence-corrected chi connectivity index (χ1v) is 8.16. The molecule has 0 fully saturated rings. The third-order valence-corrected chi connectivity index (χ3v) is 3.91. The van der Waals surface area contributed by atoms with Crippen molar-refractivity contribution in [1.29, 1.82) is 0 Å². The lowest BCUT2D eigenvalue weighted by atomic mass is 10.1. The predicted molar refractivity (Wildman–Crippen MR) is 104 cm³/mol. The largest absolute Gasteiger partial charge is 0.366 e. The van der Waals surface area contributed by atoms with Gasteiger partial charge < -0.3 is 16.4 Å². The van der Waals surface area contributed by atoms with E-state index in [9.17, 15) is 9.59 Å². The van der Waals surface area contributed by atoms with Crippen molar-refractivity contribution in [3.05, 3.63) is 89.5 Å². The minimum absolute atomic E-state index is 0.146. The maximum Gasteiger partial charge on any atom is 0.255 e. The second-order valence-corrected chi connectivity index (χ2v) is 5.96. The minimum Gasteiger partial charge on any atom is -0.366 e. The second-order valence-electron chi connectivity index (χ2n) is 5.96. The molecule has 5 heteroatoms. The van der Waals surface area contributed by atoms with Gasteiger partial charge in [0.2, 0.25) is 5.91 Å². The van der Waals surface area contributed by atoms with E-state index in [2.05, 4.69) is 10.6 Å². The van der Waals surface area contributed by atoms with Crippen molar-refractivity contribution in [2.75, 3.05) is 10.6 Å². The van der Waals surface area contributed by atoms with E-state index in [0.29, 0.717) is 16.8 Å². The highest BCUT2D eigenvalue weighted by Crippen LogP contribution is 2.20. The summed E-state index contributed by atoms with van der Waals surface area (Å²) < 4.78 is 0. The van der Waals surface area contributed by atoms with Crippen molar-refractivity contribution >= 4 is 28.9 Å². The van der Waals surface area contributed by atoms with Crippen LogP contribution in [0.25, 0.3) is 0 Å². The van der Waals surface area contributed by atoms with Crippen LogP contribution in [0.1, 0.15) is 26.3 Å². The standard InChI is InChI=1S/C21H19N3O2/c1-14-2-4-16(5-3-14)21(26)24-19-12-10-18(11-13-19)23-17-8-6-15(7-9-17)20(22)25/h2-13,23H,1H3,(H2,22,25)(H,24,26). The first kappa shape index (κ1) is 17.2. The molecule has 4 N–H and O–H groups in total. The molecule has 0 heterocycles. The normalized spacial score (nSPS) is 10.2. The molecular weight excluding hydrogens is 326 g/mol. The van der Waals surface area contributed by atoms with Gasteiger partial charge in [-0.1, -0.05) is 17.7 Å². The van der Waals surface area contributed by atoms with Crippen molar-refractivity contribution in [3.8, 4) is 0 Å². The molecule has 0 aliphatic rings. The van der Waals surface area contributed by atoms with Crippen molar-refractivity contribution in [2.45, 2.75) is 6.92 Å². The summed E-state index contributed by atoms with van der Waals surface area (Å²) in [7, 11) is 0. The molecule has 3 rings (SSSR count). The summed E-state index contributed by atoms with van der Waals surface area (Å²) in [6, 6.07) is 21.7. The zero-order chi connectivity index (χ0) is 18.5. The van der Waals surface area contributed by atoms with Crippen LogP contribution in [0.3, 0.4) is 0 Å². The minimum atomic E-state index is -0.453. The van der Waals surface area contributed by atoms with E-state index in [1.165, 1.54) is 0 Å².